The second-order valence-electron chi connectivity index (χ2n) is 6.16. The van der Waals surface area contributed by atoms with E-state index in [1.54, 1.807) is 37.3 Å². The first-order valence-electron chi connectivity index (χ1n) is 8.73. The van der Waals surface area contributed by atoms with E-state index in [0.29, 0.717) is 46.8 Å². The summed E-state index contributed by atoms with van der Waals surface area (Å²) in [5.41, 5.74) is 1.09. The highest BCUT2D eigenvalue weighted by Gasteiger charge is 2.21. The number of carbonyl (C=O) groups excluding carboxylic acids is 1. The van der Waals surface area contributed by atoms with Gasteiger partial charge in [0.15, 0.2) is 0 Å². The quantitative estimate of drug-likeness (QED) is 0.597. The topological polar surface area (TPSA) is 94.8 Å². The number of nitrogens with one attached hydrogen (secondary N) is 1. The Kier molecular flexibility index (Phi) is 5.60. The largest absolute Gasteiger partial charge is 0.497 e. The molecule has 0 atom stereocenters. The van der Waals surface area contributed by atoms with Crippen LogP contribution in [0.1, 0.15) is 29.5 Å². The van der Waals surface area contributed by atoms with Gasteiger partial charge in [0, 0.05) is 11.1 Å². The molecule has 148 valence electrons. The third-order valence-electron chi connectivity index (χ3n) is 4.13. The maximum Gasteiger partial charge on any atom is 0.342 e. The summed E-state index contributed by atoms with van der Waals surface area (Å²) in [4.78, 5) is 12.4. The molecule has 0 aliphatic rings. The van der Waals surface area contributed by atoms with Crippen LogP contribution >= 0.6 is 0 Å². The summed E-state index contributed by atoms with van der Waals surface area (Å²) >= 11 is 0. The highest BCUT2D eigenvalue weighted by Crippen LogP contribution is 2.30. The molecule has 0 amide bonds. The molecule has 8 heteroatoms. The lowest BCUT2D eigenvalue weighted by Gasteiger charge is -2.09. The van der Waals surface area contributed by atoms with Gasteiger partial charge in [0.2, 0.25) is 0 Å². The van der Waals surface area contributed by atoms with E-state index in [0.717, 1.165) is 0 Å². The molecular formula is C20H21NO6S. The maximum atomic E-state index is 12.6. The molecule has 1 heterocycles. The molecule has 2 aromatic carbocycles. The van der Waals surface area contributed by atoms with E-state index in [-0.39, 0.29) is 4.90 Å². The van der Waals surface area contributed by atoms with Gasteiger partial charge in [0.25, 0.3) is 10.0 Å². The van der Waals surface area contributed by atoms with Gasteiger partial charge in [-0.15, -0.1) is 0 Å². The minimum absolute atomic E-state index is 0.0966. The third-order valence-corrected chi connectivity index (χ3v) is 5.52. The number of furan rings is 1. The number of hydrogen-bond donors (Lipinski definition) is 1. The Hall–Kier alpha value is -3.00. The summed E-state index contributed by atoms with van der Waals surface area (Å²) in [5, 5.41) is 0.494. The molecule has 0 saturated heterocycles. The molecule has 7 nitrogen and oxygen atoms in total. The maximum absolute atomic E-state index is 12.6. The summed E-state index contributed by atoms with van der Waals surface area (Å²) < 4.78 is 43.6. The molecule has 28 heavy (non-hydrogen) atoms. The van der Waals surface area contributed by atoms with Crippen molar-refractivity contribution in [1.82, 2.24) is 0 Å². The Morgan fingerprint density at radius 3 is 2.50 bits per heavy atom. The van der Waals surface area contributed by atoms with Crippen LogP contribution in [0.3, 0.4) is 0 Å². The zero-order valence-corrected chi connectivity index (χ0v) is 16.6. The van der Waals surface area contributed by atoms with Crippen LogP contribution in [0, 0.1) is 6.92 Å². The lowest BCUT2D eigenvalue weighted by atomic mass is 10.1. The van der Waals surface area contributed by atoms with Crippen molar-refractivity contribution < 1.29 is 27.1 Å². The number of aryl methyl sites for hydroxylation is 1. The van der Waals surface area contributed by atoms with Crippen molar-refractivity contribution in [3.63, 3.8) is 0 Å². The summed E-state index contributed by atoms with van der Waals surface area (Å²) in [6.45, 7) is 3.87. The van der Waals surface area contributed by atoms with Crippen molar-refractivity contribution in [1.29, 1.82) is 0 Å². The number of carbonyl (C=O) groups is 1. The smallest absolute Gasteiger partial charge is 0.342 e. The minimum atomic E-state index is -3.80. The van der Waals surface area contributed by atoms with E-state index in [1.807, 2.05) is 6.92 Å². The van der Waals surface area contributed by atoms with Gasteiger partial charge >= 0.3 is 5.97 Å². The first-order valence-corrected chi connectivity index (χ1v) is 10.2. The SMILES string of the molecule is CCCOC(=O)c1c(C)oc2ccc(NS(=O)(=O)c3ccc(OC)cc3)cc12. The summed E-state index contributed by atoms with van der Waals surface area (Å²) in [7, 11) is -2.29. The molecule has 1 aromatic heterocycles. The molecule has 0 saturated carbocycles. The van der Waals surface area contributed by atoms with E-state index < -0.39 is 16.0 Å². The van der Waals surface area contributed by atoms with E-state index in [2.05, 4.69) is 4.72 Å². The number of rotatable bonds is 7. The molecule has 0 aliphatic carbocycles. The number of hydrogen-bond acceptors (Lipinski definition) is 6. The van der Waals surface area contributed by atoms with Crippen molar-refractivity contribution in [3.05, 3.63) is 53.8 Å². The zero-order valence-electron chi connectivity index (χ0n) is 15.8. The van der Waals surface area contributed by atoms with E-state index in [9.17, 15) is 13.2 Å². The fourth-order valence-electron chi connectivity index (χ4n) is 2.77. The fraction of sp³-hybridized carbons (Fsp3) is 0.250. The summed E-state index contributed by atoms with van der Waals surface area (Å²) in [6, 6.07) is 10.8. The highest BCUT2D eigenvalue weighted by atomic mass is 32.2. The first kappa shape index (κ1) is 19.8. The Balaban J connectivity index is 1.94. The fourth-order valence-corrected chi connectivity index (χ4v) is 3.82. The van der Waals surface area contributed by atoms with Crippen molar-refractivity contribution in [3.8, 4) is 5.75 Å². The Bertz CT molecular complexity index is 1100. The summed E-state index contributed by atoms with van der Waals surface area (Å²) in [5.74, 6) is 0.490. The monoisotopic (exact) mass is 403 g/mol. The third kappa shape index (κ3) is 3.96. The van der Waals surface area contributed by atoms with Crippen LogP contribution in [0.2, 0.25) is 0 Å². The van der Waals surface area contributed by atoms with Crippen LogP contribution in [0.5, 0.6) is 5.75 Å². The Morgan fingerprint density at radius 2 is 1.86 bits per heavy atom. The Morgan fingerprint density at radius 1 is 1.14 bits per heavy atom. The van der Waals surface area contributed by atoms with Crippen LogP contribution in [0.15, 0.2) is 51.8 Å². The Labute approximate surface area is 163 Å². The van der Waals surface area contributed by atoms with Gasteiger partial charge in [-0.25, -0.2) is 13.2 Å². The van der Waals surface area contributed by atoms with E-state index >= 15 is 0 Å². The average molecular weight is 403 g/mol. The number of methoxy groups -OCH3 is 1. The minimum Gasteiger partial charge on any atom is -0.497 e. The highest BCUT2D eigenvalue weighted by molar-refractivity contribution is 7.92. The van der Waals surface area contributed by atoms with Gasteiger partial charge in [-0.2, -0.15) is 0 Å². The predicted octanol–water partition coefficient (Wildman–Crippen LogP) is 4.12. The number of sulfonamides is 1. The number of esters is 1. The van der Waals surface area contributed by atoms with Gasteiger partial charge in [-0.3, -0.25) is 4.72 Å². The number of ether oxygens (including phenoxy) is 2. The van der Waals surface area contributed by atoms with Crippen molar-refractivity contribution in [2.45, 2.75) is 25.2 Å². The molecule has 3 rings (SSSR count). The predicted molar refractivity (Wildman–Crippen MR) is 105 cm³/mol. The standard InChI is InChI=1S/C20H21NO6S/c1-4-11-26-20(22)19-13(2)27-18-10-5-14(12-17(18)19)21-28(23,24)16-8-6-15(25-3)7-9-16/h5-10,12,21H,4,11H2,1-3H3. The van der Waals surface area contributed by atoms with Crippen molar-refractivity contribution in [2.24, 2.45) is 0 Å². The molecule has 0 aliphatic heterocycles. The lowest BCUT2D eigenvalue weighted by molar-refractivity contribution is 0.0505. The van der Waals surface area contributed by atoms with Crippen LogP contribution < -0.4 is 9.46 Å². The van der Waals surface area contributed by atoms with Crippen LogP contribution in [-0.2, 0) is 14.8 Å². The molecule has 0 radical (unpaired) electrons. The van der Waals surface area contributed by atoms with Gasteiger partial charge in [0.05, 0.1) is 18.6 Å². The van der Waals surface area contributed by atoms with Crippen LogP contribution in [-0.4, -0.2) is 28.1 Å². The van der Waals surface area contributed by atoms with Gasteiger partial charge in [0.1, 0.15) is 22.7 Å². The molecule has 1 N–H and O–H groups in total. The van der Waals surface area contributed by atoms with E-state index in [1.165, 1.54) is 19.2 Å². The first-order chi connectivity index (χ1) is 13.4. The lowest BCUT2D eigenvalue weighted by Crippen LogP contribution is -2.13. The molecular weight excluding hydrogens is 382 g/mol. The second-order valence-corrected chi connectivity index (χ2v) is 7.84. The van der Waals surface area contributed by atoms with Gasteiger partial charge in [-0.05, 0) is 55.8 Å². The normalized spacial score (nSPS) is 11.4. The number of anilines is 1. The van der Waals surface area contributed by atoms with Crippen molar-refractivity contribution >= 4 is 32.6 Å². The second kappa shape index (κ2) is 7.93. The molecule has 3 aromatic rings. The molecule has 0 spiro atoms. The van der Waals surface area contributed by atoms with Gasteiger partial charge in [-0.1, -0.05) is 6.92 Å². The van der Waals surface area contributed by atoms with Gasteiger partial charge < -0.3 is 13.9 Å². The molecule has 0 bridgehead atoms. The van der Waals surface area contributed by atoms with E-state index in [4.69, 9.17) is 13.9 Å². The molecule has 0 unspecified atom stereocenters. The average Bonchev–Trinajstić information content (AvgIpc) is 3.01. The molecule has 0 fully saturated rings. The zero-order chi connectivity index (χ0) is 20.3. The van der Waals surface area contributed by atoms with Crippen LogP contribution in [0.25, 0.3) is 11.0 Å². The number of benzene rings is 2. The summed E-state index contributed by atoms with van der Waals surface area (Å²) in [6.07, 6.45) is 0.702. The van der Waals surface area contributed by atoms with Crippen molar-refractivity contribution in [2.75, 3.05) is 18.4 Å². The van der Waals surface area contributed by atoms with Crippen LogP contribution in [0.4, 0.5) is 5.69 Å². The number of fused-ring (bicyclic) bond motifs is 1.